The van der Waals surface area contributed by atoms with Crippen LogP contribution in [0.5, 0.6) is 0 Å². The summed E-state index contributed by atoms with van der Waals surface area (Å²) in [5.41, 5.74) is 1.73. The second-order valence-corrected chi connectivity index (χ2v) is 5.49. The van der Waals surface area contributed by atoms with E-state index in [0.717, 1.165) is 11.1 Å². The lowest BCUT2D eigenvalue weighted by Crippen LogP contribution is -2.24. The van der Waals surface area contributed by atoms with E-state index in [9.17, 15) is 15.2 Å². The fourth-order valence-electron chi connectivity index (χ4n) is 2.12. The van der Waals surface area contributed by atoms with Gasteiger partial charge in [-0.2, -0.15) is 0 Å². The molecular weight excluding hydrogens is 304 g/mol. The van der Waals surface area contributed by atoms with E-state index in [1.54, 1.807) is 30.3 Å². The highest BCUT2D eigenvalue weighted by Crippen LogP contribution is 2.20. The second kappa shape index (κ2) is 7.35. The maximum atomic E-state index is 10.6. The van der Waals surface area contributed by atoms with Crippen LogP contribution in [0, 0.1) is 10.1 Å². The van der Waals surface area contributed by atoms with Crippen molar-refractivity contribution in [3.05, 3.63) is 74.8 Å². The van der Waals surface area contributed by atoms with E-state index < -0.39 is 11.0 Å². The van der Waals surface area contributed by atoms with Gasteiger partial charge in [0.2, 0.25) is 0 Å². The zero-order valence-electron chi connectivity index (χ0n) is 12.1. The number of aliphatic hydroxyl groups excluding tert-OH is 1. The summed E-state index contributed by atoms with van der Waals surface area (Å²) in [5, 5.41) is 24.6. The highest BCUT2D eigenvalue weighted by atomic mass is 35.5. The van der Waals surface area contributed by atoms with Gasteiger partial charge in [0.15, 0.2) is 0 Å². The average molecular weight is 321 g/mol. The molecular formula is C16H17ClN2O3. The molecule has 1 unspecified atom stereocenters. The van der Waals surface area contributed by atoms with Crippen LogP contribution in [0.15, 0.2) is 48.5 Å². The van der Waals surface area contributed by atoms with Crippen molar-refractivity contribution in [3.8, 4) is 0 Å². The molecule has 0 aliphatic carbocycles. The van der Waals surface area contributed by atoms with Crippen molar-refractivity contribution in [2.24, 2.45) is 0 Å². The first-order valence-electron chi connectivity index (χ1n) is 6.88. The van der Waals surface area contributed by atoms with Gasteiger partial charge >= 0.3 is 0 Å². The smallest absolute Gasteiger partial charge is 0.269 e. The van der Waals surface area contributed by atoms with Crippen LogP contribution in [0.4, 0.5) is 5.69 Å². The third kappa shape index (κ3) is 4.27. The molecule has 0 bridgehead atoms. The fraction of sp³-hybridized carbons (Fsp3) is 0.250. The molecule has 0 spiro atoms. The minimum Gasteiger partial charge on any atom is -0.387 e. The summed E-state index contributed by atoms with van der Waals surface area (Å²) in [7, 11) is 0. The molecule has 116 valence electrons. The van der Waals surface area contributed by atoms with Gasteiger partial charge in [-0.3, -0.25) is 10.1 Å². The van der Waals surface area contributed by atoms with Crippen LogP contribution in [-0.4, -0.2) is 16.6 Å². The molecule has 2 N–H and O–H groups in total. The van der Waals surface area contributed by atoms with Gasteiger partial charge in [0, 0.05) is 29.7 Å². The summed E-state index contributed by atoms with van der Waals surface area (Å²) in [6.45, 7) is 2.30. The molecule has 22 heavy (non-hydrogen) atoms. The lowest BCUT2D eigenvalue weighted by Gasteiger charge is -2.18. The molecule has 0 saturated carbocycles. The van der Waals surface area contributed by atoms with E-state index >= 15 is 0 Å². The Morgan fingerprint density at radius 3 is 2.50 bits per heavy atom. The molecule has 0 saturated heterocycles. The van der Waals surface area contributed by atoms with Crippen LogP contribution < -0.4 is 5.32 Å². The van der Waals surface area contributed by atoms with Crippen molar-refractivity contribution >= 4 is 17.3 Å². The zero-order valence-corrected chi connectivity index (χ0v) is 12.8. The summed E-state index contributed by atoms with van der Waals surface area (Å²) in [4.78, 5) is 10.2. The van der Waals surface area contributed by atoms with Crippen LogP contribution in [0.1, 0.15) is 30.2 Å². The predicted molar refractivity (Wildman–Crippen MR) is 85.9 cm³/mol. The number of nitro benzene ring substituents is 1. The number of halogens is 1. The molecule has 2 atom stereocenters. The van der Waals surface area contributed by atoms with Crippen molar-refractivity contribution in [1.82, 2.24) is 5.32 Å². The third-order valence-electron chi connectivity index (χ3n) is 3.45. The summed E-state index contributed by atoms with van der Waals surface area (Å²) in [6, 6.07) is 13.4. The lowest BCUT2D eigenvalue weighted by atomic mass is 10.1. The number of hydrogen-bond donors (Lipinski definition) is 2. The predicted octanol–water partition coefficient (Wildman–Crippen LogP) is 3.63. The number of aliphatic hydroxyl groups is 1. The van der Waals surface area contributed by atoms with E-state index in [0.29, 0.717) is 11.6 Å². The van der Waals surface area contributed by atoms with Gasteiger partial charge in [-0.15, -0.1) is 0 Å². The van der Waals surface area contributed by atoms with Gasteiger partial charge in [0.25, 0.3) is 5.69 Å². The monoisotopic (exact) mass is 320 g/mol. The van der Waals surface area contributed by atoms with Crippen molar-refractivity contribution in [3.63, 3.8) is 0 Å². The lowest BCUT2D eigenvalue weighted by molar-refractivity contribution is -0.384. The Labute approximate surface area is 133 Å². The first kappa shape index (κ1) is 16.4. The molecule has 2 rings (SSSR count). The van der Waals surface area contributed by atoms with Gasteiger partial charge in [-0.1, -0.05) is 35.9 Å². The van der Waals surface area contributed by atoms with Crippen LogP contribution in [0.25, 0.3) is 0 Å². The SMILES string of the molecule is CC(NC[C@H](O)c1cccc(Cl)c1)c1ccc([N+](=O)[O-])cc1. The van der Waals surface area contributed by atoms with Gasteiger partial charge in [-0.25, -0.2) is 0 Å². The number of nitro groups is 1. The fourth-order valence-corrected chi connectivity index (χ4v) is 2.32. The number of rotatable bonds is 6. The normalized spacial score (nSPS) is 13.6. The summed E-state index contributed by atoms with van der Waals surface area (Å²) in [5.74, 6) is 0. The Balaban J connectivity index is 1.94. The highest BCUT2D eigenvalue weighted by molar-refractivity contribution is 6.30. The molecule has 0 aliphatic heterocycles. The Bertz CT molecular complexity index is 646. The van der Waals surface area contributed by atoms with E-state index in [2.05, 4.69) is 5.32 Å². The Hall–Kier alpha value is -1.95. The van der Waals surface area contributed by atoms with Gasteiger partial charge in [0.05, 0.1) is 11.0 Å². The van der Waals surface area contributed by atoms with Crippen LogP contribution in [0.3, 0.4) is 0 Å². The second-order valence-electron chi connectivity index (χ2n) is 5.05. The summed E-state index contributed by atoms with van der Waals surface area (Å²) in [6.07, 6.45) is -0.667. The number of benzene rings is 2. The van der Waals surface area contributed by atoms with E-state index in [1.165, 1.54) is 12.1 Å². The largest absolute Gasteiger partial charge is 0.387 e. The number of non-ortho nitro benzene ring substituents is 1. The minimum absolute atomic E-state index is 0.0327. The molecule has 0 aliphatic rings. The van der Waals surface area contributed by atoms with E-state index in [-0.39, 0.29) is 11.7 Å². The Morgan fingerprint density at radius 1 is 1.23 bits per heavy atom. The van der Waals surface area contributed by atoms with Crippen molar-refractivity contribution in [1.29, 1.82) is 0 Å². The van der Waals surface area contributed by atoms with Crippen molar-refractivity contribution in [2.45, 2.75) is 19.1 Å². The first-order chi connectivity index (χ1) is 10.5. The van der Waals surface area contributed by atoms with Crippen LogP contribution in [-0.2, 0) is 0 Å². The molecule has 0 amide bonds. The Kier molecular flexibility index (Phi) is 5.49. The highest BCUT2D eigenvalue weighted by Gasteiger charge is 2.12. The quantitative estimate of drug-likeness (QED) is 0.629. The topological polar surface area (TPSA) is 75.4 Å². The van der Waals surface area contributed by atoms with E-state index in [1.807, 2.05) is 13.0 Å². The average Bonchev–Trinajstić information content (AvgIpc) is 2.52. The summed E-state index contributed by atoms with van der Waals surface area (Å²) < 4.78 is 0. The molecule has 6 heteroatoms. The van der Waals surface area contributed by atoms with Gasteiger partial charge in [0.1, 0.15) is 0 Å². The molecule has 2 aromatic rings. The number of hydrogen-bond acceptors (Lipinski definition) is 4. The number of nitrogens with zero attached hydrogens (tertiary/aromatic N) is 1. The number of nitrogens with one attached hydrogen (secondary N) is 1. The van der Waals surface area contributed by atoms with Crippen molar-refractivity contribution < 1.29 is 10.0 Å². The first-order valence-corrected chi connectivity index (χ1v) is 7.26. The molecule has 0 heterocycles. The maximum Gasteiger partial charge on any atom is 0.269 e. The zero-order chi connectivity index (χ0) is 16.1. The van der Waals surface area contributed by atoms with E-state index in [4.69, 9.17) is 11.6 Å². The standard InChI is InChI=1S/C16H17ClN2O3/c1-11(12-5-7-15(8-6-12)19(21)22)18-10-16(20)13-3-2-4-14(17)9-13/h2-9,11,16,18,20H,10H2,1H3/t11?,16-/m0/s1. The Morgan fingerprint density at radius 2 is 1.91 bits per heavy atom. The minimum atomic E-state index is -0.667. The van der Waals surface area contributed by atoms with Gasteiger partial charge < -0.3 is 10.4 Å². The summed E-state index contributed by atoms with van der Waals surface area (Å²) >= 11 is 5.90. The molecule has 2 aromatic carbocycles. The van der Waals surface area contributed by atoms with Crippen LogP contribution >= 0.6 is 11.6 Å². The molecule has 0 aromatic heterocycles. The van der Waals surface area contributed by atoms with Crippen molar-refractivity contribution in [2.75, 3.05) is 6.54 Å². The van der Waals surface area contributed by atoms with Crippen LogP contribution in [0.2, 0.25) is 5.02 Å². The molecule has 0 radical (unpaired) electrons. The maximum absolute atomic E-state index is 10.6. The third-order valence-corrected chi connectivity index (χ3v) is 3.69. The van der Waals surface area contributed by atoms with Gasteiger partial charge in [-0.05, 0) is 30.2 Å². The molecule has 0 fully saturated rings. The molecule has 5 nitrogen and oxygen atoms in total.